The number of rotatable bonds is 8. The van der Waals surface area contributed by atoms with Crippen molar-refractivity contribution in [2.45, 2.75) is 13.0 Å². The Labute approximate surface area is 175 Å². The minimum atomic E-state index is 0.0821. The van der Waals surface area contributed by atoms with Crippen LogP contribution in [0, 0.1) is 11.3 Å². The molecular weight excluding hydrogens is 382 g/mol. The van der Waals surface area contributed by atoms with Crippen LogP contribution in [-0.4, -0.2) is 59.5 Å². The number of hydrogen-bond donors (Lipinski definition) is 3. The Hall–Kier alpha value is -3.55. The normalized spacial score (nSPS) is 17.3. The van der Waals surface area contributed by atoms with Crippen molar-refractivity contribution in [3.63, 3.8) is 0 Å². The maximum Gasteiger partial charge on any atom is 0.149 e. The number of aromatic nitrogens is 3. The standard InChI is InChI=1S/C20H25N9O/c1-14(7-21)24-12-20(22-2)28-19-6-18(25-10-16-9-23-4-5-30-16)17(11-26-19)15-8-27-29(3)13-15/h6,8,11-13,16,23H,2,4-5,9-10H2,1,3H3,(H2,25,26,28)/b20-12+,24-14?/t16-/m0/s1. The van der Waals surface area contributed by atoms with Crippen molar-refractivity contribution in [1.82, 2.24) is 20.1 Å². The summed E-state index contributed by atoms with van der Waals surface area (Å²) in [5.41, 5.74) is 3.08. The largest absolute Gasteiger partial charge is 0.382 e. The van der Waals surface area contributed by atoms with E-state index in [9.17, 15) is 0 Å². The Balaban J connectivity index is 1.84. The molecule has 30 heavy (non-hydrogen) atoms. The molecule has 10 heteroatoms. The number of morpholine rings is 1. The quantitative estimate of drug-likeness (QED) is 0.570. The first-order valence-corrected chi connectivity index (χ1v) is 9.52. The lowest BCUT2D eigenvalue weighted by Gasteiger charge is -2.24. The summed E-state index contributed by atoms with van der Waals surface area (Å²) in [5.74, 6) is 0.952. The molecule has 3 rings (SSSR count). The van der Waals surface area contributed by atoms with E-state index in [0.717, 1.165) is 29.9 Å². The first-order valence-electron chi connectivity index (χ1n) is 9.52. The van der Waals surface area contributed by atoms with Crippen LogP contribution in [-0.2, 0) is 11.8 Å². The molecule has 1 fully saturated rings. The lowest BCUT2D eigenvalue weighted by atomic mass is 10.1. The van der Waals surface area contributed by atoms with Gasteiger partial charge in [-0.1, -0.05) is 0 Å². The number of ether oxygens (including phenoxy) is 1. The predicted octanol–water partition coefficient (Wildman–Crippen LogP) is 1.78. The Bertz CT molecular complexity index is 980. The third-order valence-corrected chi connectivity index (χ3v) is 4.41. The maximum absolute atomic E-state index is 8.83. The number of nitriles is 1. The highest BCUT2D eigenvalue weighted by Crippen LogP contribution is 2.29. The van der Waals surface area contributed by atoms with E-state index >= 15 is 0 Å². The van der Waals surface area contributed by atoms with Gasteiger partial charge in [0.1, 0.15) is 23.4 Å². The van der Waals surface area contributed by atoms with Crippen LogP contribution in [0.3, 0.4) is 0 Å². The van der Waals surface area contributed by atoms with E-state index in [0.29, 0.717) is 30.5 Å². The van der Waals surface area contributed by atoms with Gasteiger partial charge in [0, 0.05) is 62.0 Å². The summed E-state index contributed by atoms with van der Waals surface area (Å²) in [6.45, 7) is 8.18. The molecule has 0 unspecified atom stereocenters. The van der Waals surface area contributed by atoms with Gasteiger partial charge in [-0.2, -0.15) is 10.4 Å². The number of hydrogen-bond acceptors (Lipinski definition) is 9. The van der Waals surface area contributed by atoms with E-state index in [2.05, 4.69) is 42.7 Å². The van der Waals surface area contributed by atoms with Crippen molar-refractivity contribution in [2.24, 2.45) is 17.0 Å². The molecule has 1 saturated heterocycles. The molecule has 156 valence electrons. The van der Waals surface area contributed by atoms with Gasteiger partial charge >= 0.3 is 0 Å². The van der Waals surface area contributed by atoms with E-state index in [1.807, 2.05) is 25.4 Å². The van der Waals surface area contributed by atoms with Crippen molar-refractivity contribution in [3.8, 4) is 17.2 Å². The first kappa shape index (κ1) is 21.2. The van der Waals surface area contributed by atoms with Crippen LogP contribution in [0.4, 0.5) is 11.5 Å². The zero-order chi connectivity index (χ0) is 21.3. The van der Waals surface area contributed by atoms with Gasteiger partial charge in [0.05, 0.1) is 25.1 Å². The van der Waals surface area contributed by atoms with Crippen molar-refractivity contribution < 1.29 is 4.74 Å². The fourth-order valence-corrected chi connectivity index (χ4v) is 2.87. The van der Waals surface area contributed by atoms with E-state index in [-0.39, 0.29) is 6.10 Å². The van der Waals surface area contributed by atoms with Gasteiger partial charge in [-0.05, 0) is 13.6 Å². The van der Waals surface area contributed by atoms with Crippen LogP contribution in [0.25, 0.3) is 11.1 Å². The second-order valence-electron chi connectivity index (χ2n) is 6.72. The third-order valence-electron chi connectivity index (χ3n) is 4.41. The van der Waals surface area contributed by atoms with Gasteiger partial charge in [-0.25, -0.2) is 15.0 Å². The number of anilines is 2. The predicted molar refractivity (Wildman–Crippen MR) is 118 cm³/mol. The van der Waals surface area contributed by atoms with Crippen molar-refractivity contribution in [1.29, 1.82) is 5.26 Å². The van der Waals surface area contributed by atoms with E-state index in [4.69, 9.17) is 10.00 Å². The summed E-state index contributed by atoms with van der Waals surface area (Å²) < 4.78 is 7.53. The molecule has 0 aromatic carbocycles. The number of pyridine rings is 1. The zero-order valence-corrected chi connectivity index (χ0v) is 17.1. The van der Waals surface area contributed by atoms with Gasteiger partial charge in [0.2, 0.25) is 0 Å². The number of nitrogens with zero attached hydrogens (tertiary/aromatic N) is 6. The van der Waals surface area contributed by atoms with Gasteiger partial charge in [-0.15, -0.1) is 0 Å². The monoisotopic (exact) mass is 407 g/mol. The zero-order valence-electron chi connectivity index (χ0n) is 17.1. The van der Waals surface area contributed by atoms with Gasteiger partial charge in [0.25, 0.3) is 0 Å². The molecule has 10 nitrogen and oxygen atoms in total. The summed E-state index contributed by atoms with van der Waals surface area (Å²) in [6.07, 6.45) is 7.02. The van der Waals surface area contributed by atoms with E-state index in [1.54, 1.807) is 24.0 Å². The number of nitrogens with one attached hydrogen (secondary N) is 3. The molecule has 0 spiro atoms. The SMILES string of the molecule is C=N/C(=C\N=C(C)C#N)Nc1cc(NC[C@@H]2CNCCO2)c(-c2cnn(C)c2)cn1. The highest BCUT2D eigenvalue weighted by Gasteiger charge is 2.15. The molecule has 0 bridgehead atoms. The summed E-state index contributed by atoms with van der Waals surface area (Å²) >= 11 is 0. The summed E-state index contributed by atoms with van der Waals surface area (Å²) in [5, 5.41) is 23.0. The van der Waals surface area contributed by atoms with Gasteiger partial charge in [-0.3, -0.25) is 4.68 Å². The molecular formula is C20H25N9O. The molecule has 1 aliphatic heterocycles. The molecule has 1 aliphatic rings. The Morgan fingerprint density at radius 1 is 1.53 bits per heavy atom. The van der Waals surface area contributed by atoms with Crippen LogP contribution in [0.2, 0.25) is 0 Å². The maximum atomic E-state index is 8.83. The van der Waals surface area contributed by atoms with Crippen molar-refractivity contribution >= 4 is 23.9 Å². The summed E-state index contributed by atoms with van der Waals surface area (Å²) in [7, 11) is 1.87. The fraction of sp³-hybridized carbons (Fsp3) is 0.350. The second-order valence-corrected chi connectivity index (χ2v) is 6.72. The van der Waals surface area contributed by atoms with Crippen LogP contribution in [0.1, 0.15) is 6.92 Å². The first-order chi connectivity index (χ1) is 14.6. The lowest BCUT2D eigenvalue weighted by Crippen LogP contribution is -2.42. The summed E-state index contributed by atoms with van der Waals surface area (Å²) in [6, 6.07) is 3.85. The minimum absolute atomic E-state index is 0.0821. The molecule has 0 saturated carbocycles. The molecule has 3 N–H and O–H groups in total. The number of aliphatic imine (C=N–C) groups is 2. The van der Waals surface area contributed by atoms with Crippen molar-refractivity contribution in [3.05, 3.63) is 36.7 Å². The molecule has 0 amide bonds. The average molecular weight is 407 g/mol. The Morgan fingerprint density at radius 3 is 3.07 bits per heavy atom. The van der Waals surface area contributed by atoms with Crippen LogP contribution < -0.4 is 16.0 Å². The van der Waals surface area contributed by atoms with Crippen LogP contribution in [0.15, 0.2) is 46.7 Å². The van der Waals surface area contributed by atoms with Crippen LogP contribution in [0.5, 0.6) is 0 Å². The Morgan fingerprint density at radius 2 is 2.40 bits per heavy atom. The minimum Gasteiger partial charge on any atom is -0.382 e. The highest BCUT2D eigenvalue weighted by atomic mass is 16.5. The van der Waals surface area contributed by atoms with E-state index in [1.165, 1.54) is 6.20 Å². The topological polar surface area (TPSA) is 125 Å². The van der Waals surface area contributed by atoms with Gasteiger partial charge in [0.15, 0.2) is 0 Å². The average Bonchev–Trinajstić information content (AvgIpc) is 3.21. The third kappa shape index (κ3) is 5.73. The van der Waals surface area contributed by atoms with Crippen LogP contribution >= 0.6 is 0 Å². The summed E-state index contributed by atoms with van der Waals surface area (Å²) in [4.78, 5) is 12.4. The second kappa shape index (κ2) is 10.3. The lowest BCUT2D eigenvalue weighted by molar-refractivity contribution is 0.0372. The highest BCUT2D eigenvalue weighted by molar-refractivity contribution is 5.96. The molecule has 2 aromatic rings. The molecule has 0 radical (unpaired) electrons. The molecule has 3 heterocycles. The molecule has 0 aliphatic carbocycles. The van der Waals surface area contributed by atoms with E-state index < -0.39 is 0 Å². The van der Waals surface area contributed by atoms with Gasteiger partial charge < -0.3 is 20.7 Å². The number of aryl methyl sites for hydroxylation is 1. The molecule has 1 atom stereocenters. The smallest absolute Gasteiger partial charge is 0.149 e. The fourth-order valence-electron chi connectivity index (χ4n) is 2.87. The molecule has 2 aromatic heterocycles. The Kier molecular flexibility index (Phi) is 7.26. The van der Waals surface area contributed by atoms with Crippen molar-refractivity contribution in [2.75, 3.05) is 36.9 Å².